The lowest BCUT2D eigenvalue weighted by Crippen LogP contribution is -2.31. The highest BCUT2D eigenvalue weighted by Gasteiger charge is 2.23. The van der Waals surface area contributed by atoms with Gasteiger partial charge in [0.1, 0.15) is 5.82 Å². The van der Waals surface area contributed by atoms with E-state index in [1.807, 2.05) is 11.3 Å². The maximum absolute atomic E-state index is 5.96. The van der Waals surface area contributed by atoms with Crippen molar-refractivity contribution in [1.82, 2.24) is 4.98 Å². The number of fused-ring (bicyclic) bond motifs is 2. The number of nitrogens with zero attached hydrogens (tertiary/aromatic N) is 2. The zero-order valence-electron chi connectivity index (χ0n) is 11.6. The van der Waals surface area contributed by atoms with Crippen LogP contribution in [0, 0.1) is 0 Å². The Hall–Kier alpha value is -1.39. The Kier molecular flexibility index (Phi) is 3.00. The molecule has 4 heteroatoms. The SMILES string of the molecule is NCc1cc2c(nc1N1CCc3sccc3C1)CCC2. The van der Waals surface area contributed by atoms with Gasteiger partial charge in [-0.1, -0.05) is 0 Å². The zero-order valence-corrected chi connectivity index (χ0v) is 12.4. The van der Waals surface area contributed by atoms with Crippen molar-refractivity contribution in [2.45, 2.75) is 38.8 Å². The fraction of sp³-hybridized carbons (Fsp3) is 0.438. The first-order valence-electron chi connectivity index (χ1n) is 7.37. The van der Waals surface area contributed by atoms with E-state index in [1.165, 1.54) is 40.1 Å². The van der Waals surface area contributed by atoms with Crippen LogP contribution in [0.25, 0.3) is 0 Å². The van der Waals surface area contributed by atoms with Crippen molar-refractivity contribution in [3.8, 4) is 0 Å². The van der Waals surface area contributed by atoms with Crippen LogP contribution in [0.15, 0.2) is 17.5 Å². The van der Waals surface area contributed by atoms with Crippen molar-refractivity contribution in [3.05, 3.63) is 44.8 Å². The number of anilines is 1. The van der Waals surface area contributed by atoms with E-state index >= 15 is 0 Å². The minimum Gasteiger partial charge on any atom is -0.352 e. The van der Waals surface area contributed by atoms with Gasteiger partial charge in [0.15, 0.2) is 0 Å². The Labute approximate surface area is 123 Å². The average Bonchev–Trinajstić information content (AvgIpc) is 3.13. The first kappa shape index (κ1) is 12.4. The summed E-state index contributed by atoms with van der Waals surface area (Å²) in [5, 5.41) is 2.20. The third-order valence-corrected chi connectivity index (χ3v) is 5.46. The van der Waals surface area contributed by atoms with Crippen LogP contribution in [0.5, 0.6) is 0 Å². The third-order valence-electron chi connectivity index (χ3n) is 4.43. The lowest BCUT2D eigenvalue weighted by atomic mass is 10.1. The monoisotopic (exact) mass is 285 g/mol. The summed E-state index contributed by atoms with van der Waals surface area (Å²) in [7, 11) is 0. The largest absolute Gasteiger partial charge is 0.352 e. The van der Waals surface area contributed by atoms with Gasteiger partial charge in [0.2, 0.25) is 0 Å². The van der Waals surface area contributed by atoms with Crippen molar-refractivity contribution in [1.29, 1.82) is 0 Å². The predicted octanol–water partition coefficient (Wildman–Crippen LogP) is 2.65. The fourth-order valence-electron chi connectivity index (χ4n) is 3.36. The van der Waals surface area contributed by atoms with Crippen molar-refractivity contribution >= 4 is 17.2 Å². The highest BCUT2D eigenvalue weighted by molar-refractivity contribution is 7.10. The number of rotatable bonds is 2. The molecule has 3 heterocycles. The topological polar surface area (TPSA) is 42.1 Å². The Bertz CT molecular complexity index is 647. The van der Waals surface area contributed by atoms with Gasteiger partial charge in [-0.3, -0.25) is 0 Å². The standard InChI is InChI=1S/C16H19N3S/c17-9-13-8-11-2-1-3-14(11)18-16(13)19-6-4-15-12(10-19)5-7-20-15/h5,7-8H,1-4,6,9-10,17H2. The van der Waals surface area contributed by atoms with E-state index in [0.717, 1.165) is 31.7 Å². The van der Waals surface area contributed by atoms with Crippen LogP contribution in [0.3, 0.4) is 0 Å². The van der Waals surface area contributed by atoms with Crippen molar-refractivity contribution in [2.24, 2.45) is 5.73 Å². The number of nitrogens with two attached hydrogens (primary N) is 1. The number of aryl methyl sites for hydroxylation is 2. The molecule has 20 heavy (non-hydrogen) atoms. The molecule has 2 N–H and O–H groups in total. The normalized spacial score (nSPS) is 17.1. The molecule has 0 fully saturated rings. The minimum atomic E-state index is 0.586. The summed E-state index contributed by atoms with van der Waals surface area (Å²) in [6, 6.07) is 4.55. The van der Waals surface area contributed by atoms with Gasteiger partial charge in [-0.05, 0) is 54.3 Å². The van der Waals surface area contributed by atoms with Gasteiger partial charge < -0.3 is 10.6 Å². The van der Waals surface area contributed by atoms with Crippen LogP contribution in [0.2, 0.25) is 0 Å². The van der Waals surface area contributed by atoms with E-state index in [0.29, 0.717) is 6.54 Å². The van der Waals surface area contributed by atoms with Gasteiger partial charge in [0.25, 0.3) is 0 Å². The van der Waals surface area contributed by atoms with Crippen molar-refractivity contribution in [3.63, 3.8) is 0 Å². The molecular formula is C16H19N3S. The second-order valence-corrected chi connectivity index (χ2v) is 6.68. The van der Waals surface area contributed by atoms with E-state index in [-0.39, 0.29) is 0 Å². The van der Waals surface area contributed by atoms with Gasteiger partial charge >= 0.3 is 0 Å². The van der Waals surface area contributed by atoms with Crippen LogP contribution >= 0.6 is 11.3 Å². The van der Waals surface area contributed by atoms with Gasteiger partial charge in [0.05, 0.1) is 0 Å². The average molecular weight is 285 g/mol. The maximum atomic E-state index is 5.96. The van der Waals surface area contributed by atoms with Gasteiger partial charge in [-0.2, -0.15) is 0 Å². The molecule has 0 unspecified atom stereocenters. The Morgan fingerprint density at radius 1 is 1.25 bits per heavy atom. The number of aromatic nitrogens is 1. The molecule has 0 spiro atoms. The smallest absolute Gasteiger partial charge is 0.133 e. The molecule has 0 atom stereocenters. The molecule has 0 saturated carbocycles. The van der Waals surface area contributed by atoms with E-state index in [2.05, 4.69) is 22.4 Å². The molecule has 1 aliphatic heterocycles. The van der Waals surface area contributed by atoms with Gasteiger partial charge in [-0.15, -0.1) is 11.3 Å². The third kappa shape index (κ3) is 1.95. The fourth-order valence-corrected chi connectivity index (χ4v) is 4.25. The highest BCUT2D eigenvalue weighted by atomic mass is 32.1. The molecule has 0 saturated heterocycles. The molecule has 0 amide bonds. The maximum Gasteiger partial charge on any atom is 0.133 e. The van der Waals surface area contributed by atoms with Crippen LogP contribution < -0.4 is 10.6 Å². The van der Waals surface area contributed by atoms with Gasteiger partial charge in [-0.25, -0.2) is 4.98 Å². The first-order valence-corrected chi connectivity index (χ1v) is 8.25. The molecule has 0 aromatic carbocycles. The Morgan fingerprint density at radius 3 is 3.10 bits per heavy atom. The minimum absolute atomic E-state index is 0.586. The lowest BCUT2D eigenvalue weighted by Gasteiger charge is -2.30. The summed E-state index contributed by atoms with van der Waals surface area (Å²) in [5.74, 6) is 1.13. The van der Waals surface area contributed by atoms with E-state index < -0.39 is 0 Å². The number of hydrogen-bond acceptors (Lipinski definition) is 4. The molecule has 1 aliphatic carbocycles. The lowest BCUT2D eigenvalue weighted by molar-refractivity contribution is 0.722. The quantitative estimate of drug-likeness (QED) is 0.922. The predicted molar refractivity (Wildman–Crippen MR) is 83.2 cm³/mol. The summed E-state index contributed by atoms with van der Waals surface area (Å²) in [6.07, 6.45) is 4.68. The molecule has 2 aromatic heterocycles. The summed E-state index contributed by atoms with van der Waals surface area (Å²) < 4.78 is 0. The molecule has 4 rings (SSSR count). The molecule has 0 bridgehead atoms. The van der Waals surface area contributed by atoms with Crippen LogP contribution in [-0.2, 0) is 32.4 Å². The summed E-state index contributed by atoms with van der Waals surface area (Å²) >= 11 is 1.88. The zero-order chi connectivity index (χ0) is 13.5. The Balaban J connectivity index is 1.72. The van der Waals surface area contributed by atoms with E-state index in [4.69, 9.17) is 10.7 Å². The highest BCUT2D eigenvalue weighted by Crippen LogP contribution is 2.31. The number of hydrogen-bond donors (Lipinski definition) is 1. The molecule has 2 aromatic rings. The Morgan fingerprint density at radius 2 is 2.20 bits per heavy atom. The molecule has 3 nitrogen and oxygen atoms in total. The summed E-state index contributed by atoms with van der Waals surface area (Å²) in [5.41, 5.74) is 11.4. The number of thiophene rings is 1. The van der Waals surface area contributed by atoms with Crippen LogP contribution in [0.4, 0.5) is 5.82 Å². The molecule has 0 radical (unpaired) electrons. The molecule has 104 valence electrons. The van der Waals surface area contributed by atoms with E-state index in [9.17, 15) is 0 Å². The van der Waals surface area contributed by atoms with Crippen molar-refractivity contribution < 1.29 is 0 Å². The number of pyridine rings is 1. The summed E-state index contributed by atoms with van der Waals surface area (Å²) in [4.78, 5) is 8.91. The van der Waals surface area contributed by atoms with Crippen LogP contribution in [0.1, 0.15) is 33.7 Å². The molecule has 2 aliphatic rings. The second-order valence-electron chi connectivity index (χ2n) is 5.68. The van der Waals surface area contributed by atoms with E-state index in [1.54, 1.807) is 0 Å². The second kappa shape index (κ2) is 4.86. The van der Waals surface area contributed by atoms with Crippen LogP contribution in [-0.4, -0.2) is 11.5 Å². The van der Waals surface area contributed by atoms with Gasteiger partial charge in [0, 0.05) is 35.8 Å². The van der Waals surface area contributed by atoms with Crippen molar-refractivity contribution in [2.75, 3.05) is 11.4 Å². The first-order chi connectivity index (χ1) is 9.85. The molecular weight excluding hydrogens is 266 g/mol. The summed E-state index contributed by atoms with van der Waals surface area (Å²) in [6.45, 7) is 2.63.